The van der Waals surface area contributed by atoms with Crippen molar-refractivity contribution < 1.29 is 23.9 Å². The molecule has 132 valence electrons. The van der Waals surface area contributed by atoms with E-state index in [1.807, 2.05) is 0 Å². The fraction of sp³-hybridized carbons (Fsp3) is 0.882. The van der Waals surface area contributed by atoms with Crippen molar-refractivity contribution >= 4 is 11.9 Å². The minimum atomic E-state index is -1.24. The van der Waals surface area contributed by atoms with Crippen molar-refractivity contribution in [2.24, 2.45) is 0 Å². The Bertz CT molecular complexity index is 263. The van der Waals surface area contributed by atoms with Gasteiger partial charge >= 0.3 is 5.97 Å². The highest BCUT2D eigenvalue weighted by Crippen LogP contribution is 2.12. The lowest BCUT2D eigenvalue weighted by molar-refractivity contribution is -0.928. The lowest BCUT2D eigenvalue weighted by Crippen LogP contribution is -2.50. The average molecular weight is 317 g/mol. The molecule has 0 atom stereocenters. The normalized spacial score (nSPS) is 10.6. The number of esters is 1. The van der Waals surface area contributed by atoms with Gasteiger partial charge < -0.3 is 19.1 Å². The second-order valence-electron chi connectivity index (χ2n) is 5.68. The number of rotatable bonds is 11. The van der Waals surface area contributed by atoms with Gasteiger partial charge in [0, 0.05) is 5.97 Å². The fourth-order valence-electron chi connectivity index (χ4n) is 2.87. The van der Waals surface area contributed by atoms with E-state index in [2.05, 4.69) is 32.4 Å². The van der Waals surface area contributed by atoms with Crippen LogP contribution in [0.2, 0.25) is 0 Å². The largest absolute Gasteiger partial charge is 0.550 e. The minimum absolute atomic E-state index is 0.112. The number of hydrogen-bond acceptors (Lipinski definition) is 4. The van der Waals surface area contributed by atoms with Gasteiger partial charge in [0.1, 0.15) is 0 Å². The molecule has 0 aromatic rings. The molecule has 22 heavy (non-hydrogen) atoms. The van der Waals surface area contributed by atoms with Gasteiger partial charge in [-0.3, -0.25) is 4.79 Å². The Morgan fingerprint density at radius 3 is 1.41 bits per heavy atom. The SMILES string of the molecule is CCC[N+](CCC)(CCC)CCC.COC(=O)CCC(=O)[O-]. The summed E-state index contributed by atoms with van der Waals surface area (Å²) in [6.07, 6.45) is 4.95. The highest BCUT2D eigenvalue weighted by atomic mass is 16.5. The molecule has 0 aliphatic heterocycles. The van der Waals surface area contributed by atoms with E-state index in [4.69, 9.17) is 0 Å². The lowest BCUT2D eigenvalue weighted by Gasteiger charge is -2.38. The Balaban J connectivity index is 0. The summed E-state index contributed by atoms with van der Waals surface area (Å²) in [6.45, 7) is 14.8. The van der Waals surface area contributed by atoms with E-state index in [0.29, 0.717) is 0 Å². The Hall–Kier alpha value is -1.10. The van der Waals surface area contributed by atoms with E-state index >= 15 is 0 Å². The third-order valence-electron chi connectivity index (χ3n) is 3.55. The number of methoxy groups -OCH3 is 1. The van der Waals surface area contributed by atoms with Crippen molar-refractivity contribution in [2.75, 3.05) is 33.3 Å². The van der Waals surface area contributed by atoms with Crippen LogP contribution in [0, 0.1) is 0 Å². The zero-order valence-corrected chi connectivity index (χ0v) is 15.2. The summed E-state index contributed by atoms with van der Waals surface area (Å²) in [6, 6.07) is 0. The number of ether oxygens (including phenoxy) is 1. The van der Waals surface area contributed by atoms with Crippen molar-refractivity contribution in [1.82, 2.24) is 0 Å². The highest BCUT2D eigenvalue weighted by Gasteiger charge is 2.22. The second-order valence-corrected chi connectivity index (χ2v) is 5.68. The number of carbonyl (C=O) groups is 2. The van der Waals surface area contributed by atoms with E-state index in [1.54, 1.807) is 0 Å². The highest BCUT2D eigenvalue weighted by molar-refractivity contribution is 5.75. The summed E-state index contributed by atoms with van der Waals surface area (Å²) >= 11 is 0. The molecular formula is C17H35NO4. The molecule has 0 bridgehead atoms. The first kappa shape index (κ1) is 23.2. The molecule has 0 radical (unpaired) electrons. The number of quaternary nitrogens is 1. The summed E-state index contributed by atoms with van der Waals surface area (Å²) in [5.74, 6) is -1.76. The van der Waals surface area contributed by atoms with Gasteiger partial charge in [0.15, 0.2) is 0 Å². The molecule has 0 saturated heterocycles. The maximum atomic E-state index is 10.2. The van der Waals surface area contributed by atoms with E-state index < -0.39 is 11.9 Å². The van der Waals surface area contributed by atoms with Crippen LogP contribution in [0.3, 0.4) is 0 Å². The van der Waals surface area contributed by atoms with Gasteiger partial charge in [-0.2, -0.15) is 0 Å². The average Bonchev–Trinajstić information content (AvgIpc) is 2.46. The summed E-state index contributed by atoms with van der Waals surface area (Å²) in [7, 11) is 1.21. The first-order valence-electron chi connectivity index (χ1n) is 8.53. The number of carboxylic acids is 1. The quantitative estimate of drug-likeness (QED) is 0.432. The van der Waals surface area contributed by atoms with Crippen LogP contribution in [-0.2, 0) is 14.3 Å². The van der Waals surface area contributed by atoms with Gasteiger partial charge in [0.25, 0.3) is 0 Å². The number of carbonyl (C=O) groups excluding carboxylic acids is 2. The smallest absolute Gasteiger partial charge is 0.305 e. The van der Waals surface area contributed by atoms with Crippen LogP contribution in [0.15, 0.2) is 0 Å². The van der Waals surface area contributed by atoms with E-state index in [1.165, 1.54) is 63.5 Å². The monoisotopic (exact) mass is 317 g/mol. The number of hydrogen-bond donors (Lipinski definition) is 0. The van der Waals surface area contributed by atoms with Crippen LogP contribution in [0.1, 0.15) is 66.2 Å². The Morgan fingerprint density at radius 1 is 0.818 bits per heavy atom. The van der Waals surface area contributed by atoms with Gasteiger partial charge in [0.2, 0.25) is 0 Å². The Labute approximate surface area is 136 Å². The topological polar surface area (TPSA) is 66.4 Å². The van der Waals surface area contributed by atoms with Crippen LogP contribution in [0.4, 0.5) is 0 Å². The molecule has 0 amide bonds. The summed E-state index contributed by atoms with van der Waals surface area (Å²) in [5.41, 5.74) is 0. The molecule has 5 nitrogen and oxygen atoms in total. The number of nitrogens with zero attached hydrogens (tertiary/aromatic N) is 1. The molecule has 0 aliphatic carbocycles. The third kappa shape index (κ3) is 12.6. The molecule has 0 heterocycles. The molecule has 0 spiro atoms. The number of aliphatic carboxylic acids is 1. The van der Waals surface area contributed by atoms with Gasteiger partial charge in [0.05, 0.1) is 39.7 Å². The Morgan fingerprint density at radius 2 is 1.18 bits per heavy atom. The molecule has 0 fully saturated rings. The lowest BCUT2D eigenvalue weighted by atomic mass is 10.2. The van der Waals surface area contributed by atoms with Crippen LogP contribution < -0.4 is 5.11 Å². The fourth-order valence-corrected chi connectivity index (χ4v) is 2.87. The molecule has 5 heteroatoms. The summed E-state index contributed by atoms with van der Waals surface area (Å²) in [4.78, 5) is 19.9. The molecule has 0 N–H and O–H groups in total. The van der Waals surface area contributed by atoms with Gasteiger partial charge in [-0.05, 0) is 32.1 Å². The van der Waals surface area contributed by atoms with Crippen molar-refractivity contribution in [3.63, 3.8) is 0 Å². The summed E-state index contributed by atoms with van der Waals surface area (Å²) in [5, 5.41) is 9.70. The molecule has 0 unspecified atom stereocenters. The van der Waals surface area contributed by atoms with E-state index in [9.17, 15) is 14.7 Å². The maximum absolute atomic E-state index is 10.2. The first-order valence-corrected chi connectivity index (χ1v) is 8.53. The predicted molar refractivity (Wildman–Crippen MR) is 87.1 cm³/mol. The minimum Gasteiger partial charge on any atom is -0.550 e. The molecule has 0 rings (SSSR count). The second kappa shape index (κ2) is 14.8. The van der Waals surface area contributed by atoms with Crippen molar-refractivity contribution in [3.8, 4) is 0 Å². The van der Waals surface area contributed by atoms with Crippen LogP contribution in [0.5, 0.6) is 0 Å². The van der Waals surface area contributed by atoms with Gasteiger partial charge in [-0.1, -0.05) is 27.7 Å². The van der Waals surface area contributed by atoms with Crippen molar-refractivity contribution in [2.45, 2.75) is 66.2 Å². The standard InChI is InChI=1S/C12H28N.C5H8O4/c1-5-9-13(10-6-2,11-7-3)12-8-4;1-9-5(8)3-2-4(6)7/h5-12H2,1-4H3;2-3H2,1H3,(H,6,7)/q+1;/p-1. The maximum Gasteiger partial charge on any atom is 0.305 e. The van der Waals surface area contributed by atoms with Crippen molar-refractivity contribution in [1.29, 1.82) is 0 Å². The van der Waals surface area contributed by atoms with Crippen molar-refractivity contribution in [3.05, 3.63) is 0 Å². The Kier molecular flexibility index (Phi) is 15.6. The molecular weight excluding hydrogens is 282 g/mol. The van der Waals surface area contributed by atoms with E-state index in [-0.39, 0.29) is 12.8 Å². The molecule has 0 aromatic heterocycles. The summed E-state index contributed by atoms with van der Waals surface area (Å²) < 4.78 is 5.55. The zero-order chi connectivity index (χ0) is 17.4. The number of carboxylic acid groups (broad SMARTS) is 1. The predicted octanol–water partition coefficient (Wildman–Crippen LogP) is 2.13. The molecule has 0 aliphatic rings. The zero-order valence-electron chi connectivity index (χ0n) is 15.2. The first-order chi connectivity index (χ1) is 10.4. The van der Waals surface area contributed by atoms with E-state index in [0.717, 1.165) is 0 Å². The van der Waals surface area contributed by atoms with Gasteiger partial charge in [-0.25, -0.2) is 0 Å². The van der Waals surface area contributed by atoms with Crippen LogP contribution in [0.25, 0.3) is 0 Å². The third-order valence-corrected chi connectivity index (χ3v) is 3.55. The molecule has 0 saturated carbocycles. The van der Waals surface area contributed by atoms with Crippen LogP contribution in [-0.4, -0.2) is 49.7 Å². The van der Waals surface area contributed by atoms with Gasteiger partial charge in [-0.15, -0.1) is 0 Å². The molecule has 0 aromatic carbocycles. The van der Waals surface area contributed by atoms with Crippen LogP contribution >= 0.6 is 0 Å².